The van der Waals surface area contributed by atoms with E-state index < -0.39 is 6.09 Å². The first-order chi connectivity index (χ1) is 7.22. The lowest BCUT2D eigenvalue weighted by Crippen LogP contribution is -2.33. The van der Waals surface area contributed by atoms with Crippen molar-refractivity contribution in [3.05, 3.63) is 0 Å². The van der Waals surface area contributed by atoms with Crippen molar-refractivity contribution in [2.45, 2.75) is 38.5 Å². The first-order valence-electron chi connectivity index (χ1n) is 5.89. The zero-order chi connectivity index (χ0) is 11.1. The minimum absolute atomic E-state index is 0.309. The average Bonchev–Trinajstić information content (AvgIpc) is 2.25. The number of nitrogens with one attached hydrogen (secondary N) is 1. The van der Waals surface area contributed by atoms with Crippen molar-refractivity contribution >= 4 is 6.09 Å². The standard InChI is InChI=1S/C11H22N2O2/c12-7-10(8-13-11(14)15)6-9-4-2-1-3-5-9/h9-10,13H,1-8,12H2,(H,14,15)/t10-/m0/s1. The lowest BCUT2D eigenvalue weighted by Gasteiger charge is -2.25. The molecule has 1 amide bonds. The summed E-state index contributed by atoms with van der Waals surface area (Å²) in [6, 6.07) is 0. The maximum atomic E-state index is 10.4. The predicted molar refractivity (Wildman–Crippen MR) is 59.8 cm³/mol. The lowest BCUT2D eigenvalue weighted by atomic mass is 9.83. The van der Waals surface area contributed by atoms with Gasteiger partial charge in [0.15, 0.2) is 0 Å². The molecule has 0 spiro atoms. The third-order valence-electron chi connectivity index (χ3n) is 3.27. The summed E-state index contributed by atoms with van der Waals surface area (Å²) in [5, 5.41) is 10.9. The van der Waals surface area contributed by atoms with Crippen molar-refractivity contribution in [2.24, 2.45) is 17.6 Å². The van der Waals surface area contributed by atoms with Gasteiger partial charge in [-0.15, -0.1) is 0 Å². The number of carbonyl (C=O) groups is 1. The van der Waals surface area contributed by atoms with Crippen LogP contribution < -0.4 is 11.1 Å². The third kappa shape index (κ3) is 5.02. The predicted octanol–water partition coefficient (Wildman–Crippen LogP) is 1.80. The van der Waals surface area contributed by atoms with Crippen LogP contribution >= 0.6 is 0 Å². The van der Waals surface area contributed by atoms with Gasteiger partial charge in [-0.2, -0.15) is 0 Å². The molecule has 1 aliphatic carbocycles. The maximum absolute atomic E-state index is 10.4. The molecule has 0 bridgehead atoms. The van der Waals surface area contributed by atoms with Crippen molar-refractivity contribution in [2.75, 3.05) is 13.1 Å². The van der Waals surface area contributed by atoms with Crippen molar-refractivity contribution in [3.8, 4) is 0 Å². The van der Waals surface area contributed by atoms with Gasteiger partial charge in [-0.3, -0.25) is 0 Å². The highest BCUT2D eigenvalue weighted by Crippen LogP contribution is 2.28. The van der Waals surface area contributed by atoms with E-state index in [1.165, 1.54) is 32.1 Å². The second kappa shape index (κ2) is 6.67. The Bertz CT molecular complexity index is 191. The molecule has 0 saturated heterocycles. The molecule has 4 heteroatoms. The molecule has 0 aromatic heterocycles. The number of rotatable bonds is 5. The van der Waals surface area contributed by atoms with Gasteiger partial charge in [0.2, 0.25) is 0 Å². The molecule has 1 atom stereocenters. The first-order valence-corrected chi connectivity index (χ1v) is 5.89. The minimum Gasteiger partial charge on any atom is -0.465 e. The smallest absolute Gasteiger partial charge is 0.404 e. The van der Waals surface area contributed by atoms with E-state index in [-0.39, 0.29) is 0 Å². The van der Waals surface area contributed by atoms with Crippen LogP contribution in [0.15, 0.2) is 0 Å². The van der Waals surface area contributed by atoms with Crippen LogP contribution in [0.25, 0.3) is 0 Å². The molecular formula is C11H22N2O2. The molecule has 1 rings (SSSR count). The number of nitrogens with two attached hydrogens (primary N) is 1. The molecule has 1 saturated carbocycles. The van der Waals surface area contributed by atoms with E-state index >= 15 is 0 Å². The van der Waals surface area contributed by atoms with Crippen LogP contribution in [0, 0.1) is 11.8 Å². The summed E-state index contributed by atoms with van der Waals surface area (Å²) in [5.74, 6) is 1.08. The van der Waals surface area contributed by atoms with Crippen LogP contribution in [0.5, 0.6) is 0 Å². The van der Waals surface area contributed by atoms with E-state index in [1.54, 1.807) is 0 Å². The van der Waals surface area contributed by atoms with Crippen LogP contribution in [0.3, 0.4) is 0 Å². The Hall–Kier alpha value is -0.770. The second-order valence-electron chi connectivity index (χ2n) is 4.53. The van der Waals surface area contributed by atoms with E-state index in [0.717, 1.165) is 12.3 Å². The molecule has 0 heterocycles. The average molecular weight is 214 g/mol. The Kier molecular flexibility index (Phi) is 5.47. The summed E-state index contributed by atoms with van der Waals surface area (Å²) in [5.41, 5.74) is 5.64. The van der Waals surface area contributed by atoms with Crippen molar-refractivity contribution < 1.29 is 9.90 Å². The number of hydrogen-bond donors (Lipinski definition) is 3. The molecule has 0 radical (unpaired) electrons. The first kappa shape index (κ1) is 12.3. The van der Waals surface area contributed by atoms with E-state index in [2.05, 4.69) is 5.32 Å². The van der Waals surface area contributed by atoms with E-state index in [4.69, 9.17) is 10.8 Å². The molecule has 1 fully saturated rings. The van der Waals surface area contributed by atoms with Gasteiger partial charge in [-0.05, 0) is 24.8 Å². The zero-order valence-corrected chi connectivity index (χ0v) is 9.24. The van der Waals surface area contributed by atoms with Crippen LogP contribution in [0.4, 0.5) is 4.79 Å². The maximum Gasteiger partial charge on any atom is 0.404 e. The fourth-order valence-corrected chi connectivity index (χ4v) is 2.39. The van der Waals surface area contributed by atoms with E-state index in [9.17, 15) is 4.79 Å². The summed E-state index contributed by atoms with van der Waals surface area (Å²) in [7, 11) is 0. The van der Waals surface area contributed by atoms with Gasteiger partial charge in [0.1, 0.15) is 0 Å². The van der Waals surface area contributed by atoms with Gasteiger partial charge in [0.05, 0.1) is 0 Å². The second-order valence-corrected chi connectivity index (χ2v) is 4.53. The Balaban J connectivity index is 2.22. The molecule has 0 aromatic rings. The molecule has 1 aliphatic rings. The molecule has 0 unspecified atom stereocenters. The summed E-state index contributed by atoms with van der Waals surface area (Å²) in [6.45, 7) is 1.08. The van der Waals surface area contributed by atoms with E-state index in [1.807, 2.05) is 0 Å². The highest BCUT2D eigenvalue weighted by Gasteiger charge is 2.18. The summed E-state index contributed by atoms with van der Waals surface area (Å²) < 4.78 is 0. The third-order valence-corrected chi connectivity index (χ3v) is 3.27. The van der Waals surface area contributed by atoms with Crippen molar-refractivity contribution in [1.82, 2.24) is 5.32 Å². The van der Waals surface area contributed by atoms with Crippen molar-refractivity contribution in [3.63, 3.8) is 0 Å². The Morgan fingerprint density at radius 2 is 2.07 bits per heavy atom. The van der Waals surface area contributed by atoms with Crippen LogP contribution in [0.2, 0.25) is 0 Å². The van der Waals surface area contributed by atoms with Gasteiger partial charge in [-0.1, -0.05) is 32.1 Å². The molecular weight excluding hydrogens is 192 g/mol. The zero-order valence-electron chi connectivity index (χ0n) is 9.24. The Morgan fingerprint density at radius 3 is 2.60 bits per heavy atom. The van der Waals surface area contributed by atoms with Gasteiger partial charge in [0.25, 0.3) is 0 Å². The quantitative estimate of drug-likeness (QED) is 0.653. The number of amides is 1. The van der Waals surface area contributed by atoms with Gasteiger partial charge >= 0.3 is 6.09 Å². The van der Waals surface area contributed by atoms with Crippen LogP contribution in [0.1, 0.15) is 38.5 Å². The van der Waals surface area contributed by atoms with E-state index in [0.29, 0.717) is 19.0 Å². The van der Waals surface area contributed by atoms with Gasteiger partial charge in [0, 0.05) is 6.54 Å². The molecule has 88 valence electrons. The fourth-order valence-electron chi connectivity index (χ4n) is 2.39. The lowest BCUT2D eigenvalue weighted by molar-refractivity contribution is 0.190. The molecule has 4 nitrogen and oxygen atoms in total. The van der Waals surface area contributed by atoms with Crippen LogP contribution in [-0.4, -0.2) is 24.3 Å². The normalized spacial score (nSPS) is 19.8. The van der Waals surface area contributed by atoms with Gasteiger partial charge < -0.3 is 16.2 Å². The number of carboxylic acid groups (broad SMARTS) is 1. The monoisotopic (exact) mass is 214 g/mol. The summed E-state index contributed by atoms with van der Waals surface area (Å²) in [4.78, 5) is 10.4. The largest absolute Gasteiger partial charge is 0.465 e. The van der Waals surface area contributed by atoms with Crippen molar-refractivity contribution in [1.29, 1.82) is 0 Å². The summed E-state index contributed by atoms with van der Waals surface area (Å²) in [6.07, 6.45) is 6.74. The Labute approximate surface area is 91.2 Å². The Morgan fingerprint density at radius 1 is 1.40 bits per heavy atom. The minimum atomic E-state index is -0.947. The molecule has 15 heavy (non-hydrogen) atoms. The highest BCUT2D eigenvalue weighted by atomic mass is 16.4. The SMILES string of the molecule is NC[C@@H](CNC(=O)O)CC1CCCCC1. The van der Waals surface area contributed by atoms with Gasteiger partial charge in [-0.25, -0.2) is 4.79 Å². The topological polar surface area (TPSA) is 75.3 Å². The number of hydrogen-bond acceptors (Lipinski definition) is 2. The molecule has 4 N–H and O–H groups in total. The van der Waals surface area contributed by atoms with Crippen LogP contribution in [-0.2, 0) is 0 Å². The highest BCUT2D eigenvalue weighted by molar-refractivity contribution is 5.64. The fraction of sp³-hybridized carbons (Fsp3) is 0.909. The summed E-state index contributed by atoms with van der Waals surface area (Å²) >= 11 is 0. The molecule has 0 aliphatic heterocycles. The molecule has 0 aromatic carbocycles.